The standard InChI is InChI=1S/C22H22ClN3O/c23-20-7-4-11-25-22(20)27-19-10-12-26(15-19)21-9-8-17(13-18(21)14-24)16-5-2-1-3-6-16/h1-9,11,13,19H,10,12,14-15,24H2/t19-/m0/s1. The molecule has 2 aromatic carbocycles. The summed E-state index contributed by atoms with van der Waals surface area (Å²) in [4.78, 5) is 6.56. The summed E-state index contributed by atoms with van der Waals surface area (Å²) < 4.78 is 6.01. The van der Waals surface area contributed by atoms with Crippen LogP contribution in [0.15, 0.2) is 66.9 Å². The van der Waals surface area contributed by atoms with E-state index >= 15 is 0 Å². The van der Waals surface area contributed by atoms with Crippen molar-refractivity contribution in [1.82, 2.24) is 4.98 Å². The van der Waals surface area contributed by atoms with Gasteiger partial charge in [-0.1, -0.05) is 48.0 Å². The summed E-state index contributed by atoms with van der Waals surface area (Å²) in [7, 11) is 0. The van der Waals surface area contributed by atoms with E-state index in [-0.39, 0.29) is 6.10 Å². The highest BCUT2D eigenvalue weighted by Gasteiger charge is 2.26. The van der Waals surface area contributed by atoms with Crippen LogP contribution in [-0.4, -0.2) is 24.2 Å². The van der Waals surface area contributed by atoms with Gasteiger partial charge in [-0.3, -0.25) is 0 Å². The molecular formula is C22H22ClN3O. The maximum Gasteiger partial charge on any atom is 0.232 e. The molecule has 1 aliphatic heterocycles. The van der Waals surface area contributed by atoms with Crippen LogP contribution in [0.3, 0.4) is 0 Å². The zero-order valence-corrected chi connectivity index (χ0v) is 15.8. The minimum absolute atomic E-state index is 0.0665. The SMILES string of the molecule is NCc1cc(-c2ccccc2)ccc1N1CC[C@H](Oc2ncccc2Cl)C1. The summed E-state index contributed by atoms with van der Waals surface area (Å²) in [5.41, 5.74) is 10.8. The highest BCUT2D eigenvalue weighted by molar-refractivity contribution is 6.31. The average Bonchev–Trinajstić information content (AvgIpc) is 3.18. The first kappa shape index (κ1) is 17.8. The molecule has 0 unspecified atom stereocenters. The van der Waals surface area contributed by atoms with Crippen molar-refractivity contribution in [2.75, 3.05) is 18.0 Å². The quantitative estimate of drug-likeness (QED) is 0.708. The van der Waals surface area contributed by atoms with Crippen LogP contribution in [0.2, 0.25) is 5.02 Å². The summed E-state index contributed by atoms with van der Waals surface area (Å²) in [5, 5.41) is 0.547. The van der Waals surface area contributed by atoms with E-state index in [1.165, 1.54) is 16.8 Å². The van der Waals surface area contributed by atoms with Gasteiger partial charge in [-0.2, -0.15) is 0 Å². The molecule has 0 aliphatic carbocycles. The zero-order chi connectivity index (χ0) is 18.6. The van der Waals surface area contributed by atoms with Crippen LogP contribution >= 0.6 is 11.6 Å². The topological polar surface area (TPSA) is 51.4 Å². The Hall–Kier alpha value is -2.56. The molecule has 3 aromatic rings. The fourth-order valence-electron chi connectivity index (χ4n) is 3.53. The molecule has 4 nitrogen and oxygen atoms in total. The van der Waals surface area contributed by atoms with Crippen LogP contribution in [0.1, 0.15) is 12.0 Å². The van der Waals surface area contributed by atoms with Gasteiger partial charge in [-0.25, -0.2) is 4.98 Å². The number of nitrogens with two attached hydrogens (primary N) is 1. The summed E-state index contributed by atoms with van der Waals surface area (Å²) >= 11 is 6.16. The van der Waals surface area contributed by atoms with E-state index in [4.69, 9.17) is 22.1 Å². The lowest BCUT2D eigenvalue weighted by Crippen LogP contribution is -2.26. The molecule has 0 saturated carbocycles. The second-order valence-electron chi connectivity index (χ2n) is 6.68. The molecule has 0 radical (unpaired) electrons. The first-order chi connectivity index (χ1) is 13.2. The smallest absolute Gasteiger partial charge is 0.232 e. The van der Waals surface area contributed by atoms with Crippen molar-refractivity contribution >= 4 is 17.3 Å². The third-order valence-corrected chi connectivity index (χ3v) is 5.18. The van der Waals surface area contributed by atoms with E-state index in [0.29, 0.717) is 17.4 Å². The van der Waals surface area contributed by atoms with Crippen LogP contribution in [-0.2, 0) is 6.54 Å². The minimum atomic E-state index is 0.0665. The second-order valence-corrected chi connectivity index (χ2v) is 7.09. The Morgan fingerprint density at radius 3 is 2.70 bits per heavy atom. The molecule has 5 heteroatoms. The second kappa shape index (κ2) is 7.99. The predicted octanol–water partition coefficient (Wildman–Crippen LogP) is 4.52. The van der Waals surface area contributed by atoms with Gasteiger partial charge >= 0.3 is 0 Å². The molecule has 4 rings (SSSR count). The number of hydrogen-bond donors (Lipinski definition) is 1. The van der Waals surface area contributed by atoms with Crippen molar-refractivity contribution in [3.63, 3.8) is 0 Å². The molecule has 1 aromatic heterocycles. The van der Waals surface area contributed by atoms with Crippen LogP contribution in [0.5, 0.6) is 5.88 Å². The lowest BCUT2D eigenvalue weighted by Gasteiger charge is -2.22. The van der Waals surface area contributed by atoms with Crippen LogP contribution in [0.25, 0.3) is 11.1 Å². The number of nitrogens with zero attached hydrogens (tertiary/aromatic N) is 2. The average molecular weight is 380 g/mol. The monoisotopic (exact) mass is 379 g/mol. The van der Waals surface area contributed by atoms with Crippen LogP contribution in [0.4, 0.5) is 5.69 Å². The fourth-order valence-corrected chi connectivity index (χ4v) is 3.69. The summed E-state index contributed by atoms with van der Waals surface area (Å²) in [6.07, 6.45) is 2.69. The number of anilines is 1. The molecule has 2 N–H and O–H groups in total. The van der Waals surface area contributed by atoms with Crippen molar-refractivity contribution in [2.24, 2.45) is 5.73 Å². The Labute approximate surface area is 164 Å². The fraction of sp³-hybridized carbons (Fsp3) is 0.227. The van der Waals surface area contributed by atoms with E-state index in [1.54, 1.807) is 18.3 Å². The molecular weight excluding hydrogens is 358 g/mol. The van der Waals surface area contributed by atoms with Crippen LogP contribution in [0, 0.1) is 0 Å². The lowest BCUT2D eigenvalue weighted by atomic mass is 10.0. The van der Waals surface area contributed by atoms with Gasteiger partial charge in [0.2, 0.25) is 5.88 Å². The predicted molar refractivity (Wildman–Crippen MR) is 110 cm³/mol. The van der Waals surface area contributed by atoms with E-state index in [2.05, 4.69) is 52.3 Å². The Kier molecular flexibility index (Phi) is 5.28. The van der Waals surface area contributed by atoms with Gasteiger partial charge in [0.15, 0.2) is 0 Å². The number of ether oxygens (including phenoxy) is 1. The minimum Gasteiger partial charge on any atom is -0.471 e. The van der Waals surface area contributed by atoms with Crippen molar-refractivity contribution in [2.45, 2.75) is 19.1 Å². The lowest BCUT2D eigenvalue weighted by molar-refractivity contribution is 0.216. The highest BCUT2D eigenvalue weighted by atomic mass is 35.5. The Morgan fingerprint density at radius 1 is 1.07 bits per heavy atom. The maximum absolute atomic E-state index is 6.16. The Morgan fingerprint density at radius 2 is 1.93 bits per heavy atom. The highest BCUT2D eigenvalue weighted by Crippen LogP contribution is 2.31. The Balaban J connectivity index is 1.51. The first-order valence-electron chi connectivity index (χ1n) is 9.15. The number of benzene rings is 2. The van der Waals surface area contributed by atoms with Crippen molar-refractivity contribution in [3.05, 3.63) is 77.4 Å². The summed E-state index contributed by atoms with van der Waals surface area (Å²) in [6, 6.07) is 20.5. The molecule has 0 bridgehead atoms. The third kappa shape index (κ3) is 3.92. The molecule has 1 atom stereocenters. The number of halogens is 1. The number of hydrogen-bond acceptors (Lipinski definition) is 4. The number of pyridine rings is 1. The summed E-state index contributed by atoms with van der Waals surface area (Å²) in [5.74, 6) is 0.504. The first-order valence-corrected chi connectivity index (χ1v) is 9.53. The third-order valence-electron chi connectivity index (χ3n) is 4.90. The van der Waals surface area contributed by atoms with Gasteiger partial charge in [0.05, 0.1) is 6.54 Å². The molecule has 1 aliphatic rings. The molecule has 138 valence electrons. The molecule has 0 spiro atoms. The van der Waals surface area contributed by atoms with E-state index in [0.717, 1.165) is 25.1 Å². The van der Waals surface area contributed by atoms with Crippen LogP contribution < -0.4 is 15.4 Å². The normalized spacial score (nSPS) is 16.5. The molecule has 27 heavy (non-hydrogen) atoms. The number of rotatable bonds is 5. The largest absolute Gasteiger partial charge is 0.471 e. The van der Waals surface area contributed by atoms with Gasteiger partial charge in [0, 0.05) is 31.4 Å². The molecule has 0 amide bonds. The molecule has 1 fully saturated rings. The van der Waals surface area contributed by atoms with Gasteiger partial charge in [-0.15, -0.1) is 0 Å². The van der Waals surface area contributed by atoms with Gasteiger partial charge in [0.1, 0.15) is 11.1 Å². The maximum atomic E-state index is 6.16. The van der Waals surface area contributed by atoms with Crippen molar-refractivity contribution < 1.29 is 4.74 Å². The van der Waals surface area contributed by atoms with E-state index in [9.17, 15) is 0 Å². The van der Waals surface area contributed by atoms with Crippen molar-refractivity contribution in [1.29, 1.82) is 0 Å². The van der Waals surface area contributed by atoms with Gasteiger partial charge < -0.3 is 15.4 Å². The number of aromatic nitrogens is 1. The van der Waals surface area contributed by atoms with Gasteiger partial charge in [0.25, 0.3) is 0 Å². The summed E-state index contributed by atoms with van der Waals surface area (Å²) in [6.45, 7) is 2.22. The van der Waals surface area contributed by atoms with E-state index < -0.39 is 0 Å². The van der Waals surface area contributed by atoms with Crippen molar-refractivity contribution in [3.8, 4) is 17.0 Å². The Bertz CT molecular complexity index is 916. The molecule has 2 heterocycles. The van der Waals surface area contributed by atoms with E-state index in [1.807, 2.05) is 6.07 Å². The molecule has 1 saturated heterocycles. The van der Waals surface area contributed by atoms with Gasteiger partial charge in [-0.05, 0) is 41.0 Å². The zero-order valence-electron chi connectivity index (χ0n) is 15.0.